The van der Waals surface area contributed by atoms with Gasteiger partial charge in [-0.15, -0.1) is 0 Å². The van der Waals surface area contributed by atoms with E-state index in [9.17, 15) is 44.1 Å². The first kappa shape index (κ1) is 36.0. The molecule has 2 aromatic heterocycles. The summed E-state index contributed by atoms with van der Waals surface area (Å²) in [7, 11) is 0. The summed E-state index contributed by atoms with van der Waals surface area (Å²) in [6.45, 7) is -1.15. The topological polar surface area (TPSA) is 288 Å². The van der Waals surface area contributed by atoms with Crippen molar-refractivity contribution in [2.45, 2.75) is 57.6 Å². The number of nitrogens with one attached hydrogen (secondary N) is 3. The van der Waals surface area contributed by atoms with Crippen LogP contribution in [0, 0.1) is 0 Å². The summed E-state index contributed by atoms with van der Waals surface area (Å²) >= 11 is -0.315. The number of aromatic nitrogens is 4. The van der Waals surface area contributed by atoms with Crippen LogP contribution in [0.2, 0.25) is 0 Å². The van der Waals surface area contributed by atoms with Gasteiger partial charge in [0.2, 0.25) is 0 Å². The molecule has 2 aromatic rings. The molecule has 2 atom stereocenters. The van der Waals surface area contributed by atoms with E-state index in [0.29, 0.717) is 24.5 Å². The Kier molecular flexibility index (Phi) is 14.6. The van der Waals surface area contributed by atoms with Gasteiger partial charge in [-0.25, -0.2) is 0 Å². The number of rotatable bonds is 20. The number of unbranched alkanes of at least 4 members (excludes halogenated alkanes) is 1. The van der Waals surface area contributed by atoms with E-state index >= 15 is 0 Å². The molecule has 20 nitrogen and oxygen atoms in total. The Bertz CT molecular complexity index is 1260. The Morgan fingerprint density at radius 3 is 1.89 bits per heavy atom. The number of hydrogen-bond donors (Lipinski definition) is 8. The summed E-state index contributed by atoms with van der Waals surface area (Å²) in [6, 6.07) is -2.20. The van der Waals surface area contributed by atoms with Gasteiger partial charge in [0.1, 0.15) is 6.54 Å². The molecule has 0 bridgehead atoms. The van der Waals surface area contributed by atoms with Crippen LogP contribution < -0.4 is 21.7 Å². The first-order valence-electron chi connectivity index (χ1n) is 13.1. The maximum absolute atomic E-state index is 12.9. The fourth-order valence-electron chi connectivity index (χ4n) is 3.85. The van der Waals surface area contributed by atoms with Gasteiger partial charge in [0.15, 0.2) is 0 Å². The van der Waals surface area contributed by atoms with Crippen LogP contribution in [0.5, 0.6) is 0 Å². The van der Waals surface area contributed by atoms with Gasteiger partial charge in [0.25, 0.3) is 0 Å². The van der Waals surface area contributed by atoms with Crippen molar-refractivity contribution < 1.29 is 75.6 Å². The summed E-state index contributed by atoms with van der Waals surface area (Å²) in [6.07, 6.45) is 5.35. The van der Waals surface area contributed by atoms with Crippen molar-refractivity contribution >= 4 is 35.8 Å². The molecule has 0 saturated carbocycles. The van der Waals surface area contributed by atoms with Crippen LogP contribution in [-0.2, 0) is 76.6 Å². The van der Waals surface area contributed by atoms with E-state index in [4.69, 9.17) is 10.8 Å². The predicted molar refractivity (Wildman–Crippen MR) is 141 cm³/mol. The van der Waals surface area contributed by atoms with E-state index in [1.54, 1.807) is 7.78 Å². The zero-order chi connectivity index (χ0) is 32.8. The molecule has 2 rings (SSSR count). The second kappa shape index (κ2) is 17.8. The molecule has 9 N–H and O–H groups in total. The molecule has 2 heterocycles. The fourth-order valence-corrected chi connectivity index (χ4v) is 5.27. The van der Waals surface area contributed by atoms with Crippen LogP contribution in [-0.4, -0.2) is 108 Å². The maximum atomic E-state index is 12.9. The number of amides is 3. The molecule has 0 fully saturated rings. The summed E-state index contributed by atoms with van der Waals surface area (Å²) in [5, 5.41) is 44.9. The number of nitrogens with two attached hydrogens (primary N) is 1. The Labute approximate surface area is 266 Å². The van der Waals surface area contributed by atoms with E-state index in [1.807, 2.05) is 5.32 Å². The summed E-state index contributed by atoms with van der Waals surface area (Å²) in [5.41, 5.74) is 6.27. The minimum atomic E-state index is -1.30. The third-order valence-corrected chi connectivity index (χ3v) is 9.12. The molecule has 0 aromatic carbocycles. The summed E-state index contributed by atoms with van der Waals surface area (Å²) < 4.78 is 4.41. The van der Waals surface area contributed by atoms with Crippen LogP contribution in [0.3, 0.4) is 0 Å². The molecule has 0 aliphatic carbocycles. The number of carboxylic acids is 4. The van der Waals surface area contributed by atoms with Gasteiger partial charge in [-0.3, -0.25) is 4.79 Å². The minimum absolute atomic E-state index is 0.0209. The van der Waals surface area contributed by atoms with Crippen molar-refractivity contribution in [1.29, 1.82) is 0 Å². The third kappa shape index (κ3) is 12.2. The number of hydrazine groups is 1. The molecule has 0 radical (unpaired) electrons. The SMILES string of the molecule is NC(C(=O)NCCCCC(NC(=O)NCC(=O)O)C(=O)O)[N]([Hg])N(Cc1nccn1CC(=O)O)Cc1nccn1CC(=O)O. The number of carbonyl (C=O) groups excluding carboxylic acids is 2. The zero-order valence-electron chi connectivity index (χ0n) is 23.5. The van der Waals surface area contributed by atoms with Crippen molar-refractivity contribution in [3.05, 3.63) is 36.4 Å². The number of nitrogens with zero attached hydrogens (tertiary/aromatic N) is 6. The summed E-state index contributed by atoms with van der Waals surface area (Å²) in [5.74, 6) is -4.57. The van der Waals surface area contributed by atoms with Gasteiger partial charge in [0, 0.05) is 0 Å². The van der Waals surface area contributed by atoms with Crippen molar-refractivity contribution in [3.8, 4) is 0 Å². The van der Waals surface area contributed by atoms with Crippen LogP contribution in [0.4, 0.5) is 4.79 Å². The van der Waals surface area contributed by atoms with Gasteiger partial charge in [-0.2, -0.15) is 0 Å². The average molecular weight is 810 g/mol. The van der Waals surface area contributed by atoms with Gasteiger partial charge in [-0.1, -0.05) is 0 Å². The van der Waals surface area contributed by atoms with Gasteiger partial charge >= 0.3 is 251 Å². The Morgan fingerprint density at radius 2 is 1.41 bits per heavy atom. The molecule has 0 saturated heterocycles. The Hall–Kier alpha value is -4.14. The van der Waals surface area contributed by atoms with Gasteiger partial charge < -0.3 is 5.11 Å². The first-order chi connectivity index (χ1) is 20.8. The quantitative estimate of drug-likeness (QED) is 0.0293. The normalized spacial score (nSPS) is 12.5. The number of carboxylic acid groups (broad SMARTS) is 4. The van der Waals surface area contributed by atoms with Crippen LogP contribution in [0.1, 0.15) is 30.9 Å². The third-order valence-electron chi connectivity index (χ3n) is 6.04. The molecule has 2 unspecified atom stereocenters. The Balaban J connectivity index is 2.01. The van der Waals surface area contributed by atoms with Crippen LogP contribution in [0.15, 0.2) is 24.8 Å². The van der Waals surface area contributed by atoms with Gasteiger partial charge in [0.05, 0.1) is 0 Å². The average Bonchev–Trinajstić information content (AvgIpc) is 3.57. The van der Waals surface area contributed by atoms with Crippen molar-refractivity contribution in [1.82, 2.24) is 42.8 Å². The molecular formula is C23H33HgN10O10. The number of aliphatic carboxylic acids is 4. The van der Waals surface area contributed by atoms with Crippen LogP contribution >= 0.6 is 0 Å². The second-order valence-electron chi connectivity index (χ2n) is 9.34. The molecule has 44 heavy (non-hydrogen) atoms. The standard InChI is InChI=1S/C23H33N10O10.Hg/c24-20(21(40)27-4-2-1-3-14(22(41)42)29-23(43)28-9-17(34)35)30-33(10-15-25-5-7-31(15)12-18(36)37)11-16-26-6-8-32(16)13-19(38)39;/h5-8,14,20H,1-4,9-13,24H2,(H,27,40)(H,34,35)(H,36,37)(H,38,39)(H,41,42)(H2,28,29,43);/q-1;+1. The predicted octanol–water partition coefficient (Wildman–Crippen LogP) is -2.66. The molecular weight excluding hydrogens is 777 g/mol. The molecule has 0 aliphatic rings. The van der Waals surface area contributed by atoms with Crippen molar-refractivity contribution in [3.63, 3.8) is 0 Å². The molecule has 237 valence electrons. The molecule has 0 spiro atoms. The molecule has 0 aliphatic heterocycles. The fraction of sp³-hybridized carbons (Fsp3) is 0.478. The first-order valence-corrected chi connectivity index (χ1v) is 15.5. The Morgan fingerprint density at radius 1 is 0.864 bits per heavy atom. The second-order valence-corrected chi connectivity index (χ2v) is 11.9. The van der Waals surface area contributed by atoms with Gasteiger partial charge in [-0.05, 0) is 0 Å². The molecule has 21 heteroatoms. The van der Waals surface area contributed by atoms with Crippen molar-refractivity contribution in [2.75, 3.05) is 13.1 Å². The van der Waals surface area contributed by atoms with E-state index in [1.165, 1.54) is 33.9 Å². The van der Waals surface area contributed by atoms with E-state index < -0.39 is 54.6 Å². The number of hydrogen-bond acceptors (Lipinski definition) is 11. The number of urea groups is 1. The number of carbonyl (C=O) groups is 6. The van der Waals surface area contributed by atoms with Crippen molar-refractivity contribution in [2.24, 2.45) is 5.73 Å². The summed E-state index contributed by atoms with van der Waals surface area (Å²) in [4.78, 5) is 77.6. The van der Waals surface area contributed by atoms with E-state index in [2.05, 4.69) is 20.6 Å². The van der Waals surface area contributed by atoms with E-state index in [0.717, 1.165) is 0 Å². The molecule has 3 amide bonds. The number of imidazole rings is 2. The monoisotopic (exact) mass is 811 g/mol. The van der Waals surface area contributed by atoms with Crippen LogP contribution in [0.25, 0.3) is 0 Å². The zero-order valence-corrected chi connectivity index (χ0v) is 29.0. The van der Waals surface area contributed by atoms with E-state index in [-0.39, 0.29) is 65.6 Å².